The van der Waals surface area contributed by atoms with Gasteiger partial charge in [0.25, 0.3) is 0 Å². The highest BCUT2D eigenvalue weighted by Crippen LogP contribution is 2.35. The van der Waals surface area contributed by atoms with Gasteiger partial charge in [0, 0.05) is 37.1 Å². The molecule has 4 rings (SSSR count). The van der Waals surface area contributed by atoms with Gasteiger partial charge in [0.2, 0.25) is 5.95 Å². The Morgan fingerprint density at radius 3 is 2.54 bits per heavy atom. The summed E-state index contributed by atoms with van der Waals surface area (Å²) in [5, 5.41) is 8.06. The summed E-state index contributed by atoms with van der Waals surface area (Å²) >= 11 is 0. The summed E-state index contributed by atoms with van der Waals surface area (Å²) in [5.41, 5.74) is 0.880. The molecule has 0 radical (unpaired) electrons. The molecule has 26 heavy (non-hydrogen) atoms. The lowest BCUT2D eigenvalue weighted by atomic mass is 10.1. The molecular formula is C19H27N5O2. The molecule has 1 aromatic heterocycles. The number of nitrogens with one attached hydrogen (secondary N) is 2. The molecule has 2 fully saturated rings. The summed E-state index contributed by atoms with van der Waals surface area (Å²) in [6.45, 7) is 4.08. The Bertz CT molecular complexity index is 770. The molecule has 2 aliphatic heterocycles. The maximum absolute atomic E-state index is 5.49. The third kappa shape index (κ3) is 3.35. The van der Waals surface area contributed by atoms with Crippen molar-refractivity contribution in [1.82, 2.24) is 15.3 Å². The maximum Gasteiger partial charge on any atom is 0.227 e. The number of hydrogen-bond acceptors (Lipinski definition) is 7. The van der Waals surface area contributed by atoms with Crippen molar-refractivity contribution in [3.8, 4) is 11.5 Å². The summed E-state index contributed by atoms with van der Waals surface area (Å²) in [6.07, 6.45) is 4.72. The van der Waals surface area contributed by atoms with Gasteiger partial charge in [0.15, 0.2) is 11.5 Å². The molecule has 140 valence electrons. The van der Waals surface area contributed by atoms with Crippen molar-refractivity contribution in [2.24, 2.45) is 0 Å². The molecule has 0 saturated carbocycles. The first kappa shape index (κ1) is 17.1. The lowest BCUT2D eigenvalue weighted by molar-refractivity contribution is 0.356. The second-order valence-corrected chi connectivity index (χ2v) is 6.98. The molecule has 1 atom stereocenters. The number of nitrogens with zero attached hydrogens (tertiary/aromatic N) is 3. The first-order valence-corrected chi connectivity index (χ1v) is 9.44. The molecule has 2 aliphatic rings. The number of fused-ring (bicyclic) bond motifs is 1. The van der Waals surface area contributed by atoms with E-state index in [1.54, 1.807) is 14.2 Å². The van der Waals surface area contributed by atoms with E-state index >= 15 is 0 Å². The van der Waals surface area contributed by atoms with Crippen molar-refractivity contribution in [3.63, 3.8) is 0 Å². The fourth-order valence-corrected chi connectivity index (χ4v) is 3.78. The van der Waals surface area contributed by atoms with Crippen LogP contribution in [0.3, 0.4) is 0 Å². The zero-order chi connectivity index (χ0) is 17.9. The minimum Gasteiger partial charge on any atom is -0.493 e. The van der Waals surface area contributed by atoms with Crippen molar-refractivity contribution in [2.75, 3.05) is 50.6 Å². The van der Waals surface area contributed by atoms with Gasteiger partial charge in [-0.1, -0.05) is 0 Å². The number of methoxy groups -OCH3 is 2. The lowest BCUT2D eigenvalue weighted by Crippen LogP contribution is -2.38. The van der Waals surface area contributed by atoms with Gasteiger partial charge in [0.05, 0.1) is 19.7 Å². The molecule has 3 heterocycles. The number of rotatable bonds is 5. The Labute approximate surface area is 154 Å². The van der Waals surface area contributed by atoms with Crippen molar-refractivity contribution in [2.45, 2.75) is 31.7 Å². The van der Waals surface area contributed by atoms with Crippen LogP contribution in [0.1, 0.15) is 25.7 Å². The molecule has 0 aliphatic carbocycles. The minimum atomic E-state index is 0.376. The van der Waals surface area contributed by atoms with Crippen LogP contribution in [0.2, 0.25) is 0 Å². The number of anilines is 2. The monoisotopic (exact) mass is 357 g/mol. The van der Waals surface area contributed by atoms with Crippen LogP contribution in [-0.2, 0) is 0 Å². The van der Waals surface area contributed by atoms with Crippen LogP contribution < -0.4 is 25.0 Å². The van der Waals surface area contributed by atoms with E-state index in [1.165, 1.54) is 19.3 Å². The Morgan fingerprint density at radius 1 is 1.08 bits per heavy atom. The maximum atomic E-state index is 5.49. The molecule has 1 aromatic carbocycles. The van der Waals surface area contributed by atoms with Gasteiger partial charge in [-0.05, 0) is 38.3 Å². The lowest BCUT2D eigenvalue weighted by Gasteiger charge is -2.26. The zero-order valence-corrected chi connectivity index (χ0v) is 15.5. The van der Waals surface area contributed by atoms with E-state index in [4.69, 9.17) is 19.4 Å². The van der Waals surface area contributed by atoms with Crippen molar-refractivity contribution < 1.29 is 9.47 Å². The fourth-order valence-electron chi connectivity index (χ4n) is 3.78. The molecule has 0 bridgehead atoms. The Morgan fingerprint density at radius 2 is 1.85 bits per heavy atom. The molecule has 2 saturated heterocycles. The molecule has 2 N–H and O–H groups in total. The molecule has 7 nitrogen and oxygen atoms in total. The van der Waals surface area contributed by atoms with E-state index < -0.39 is 0 Å². The van der Waals surface area contributed by atoms with Crippen LogP contribution in [0.15, 0.2) is 12.1 Å². The van der Waals surface area contributed by atoms with Gasteiger partial charge in [-0.3, -0.25) is 0 Å². The van der Waals surface area contributed by atoms with Gasteiger partial charge >= 0.3 is 0 Å². The van der Waals surface area contributed by atoms with Crippen LogP contribution in [0.4, 0.5) is 11.8 Å². The predicted octanol–water partition coefficient (Wildman–Crippen LogP) is 2.41. The van der Waals surface area contributed by atoms with Gasteiger partial charge in [-0.25, -0.2) is 4.98 Å². The minimum absolute atomic E-state index is 0.376. The standard InChI is InChI=1S/C19H27N5O2/c1-25-16-10-14-15(11-17(16)26-2)22-19(24-8-3-4-9-24)23-18(14)21-13-6-5-7-20-12-13/h10-11,13,20H,3-9,12H2,1-2H3,(H,21,22,23)/t13-/m0/s1. The third-order valence-electron chi connectivity index (χ3n) is 5.22. The van der Waals surface area contributed by atoms with Gasteiger partial charge < -0.3 is 25.0 Å². The van der Waals surface area contributed by atoms with Crippen molar-refractivity contribution in [1.29, 1.82) is 0 Å². The quantitative estimate of drug-likeness (QED) is 0.851. The average molecular weight is 357 g/mol. The van der Waals surface area contributed by atoms with E-state index in [9.17, 15) is 0 Å². The van der Waals surface area contributed by atoms with Gasteiger partial charge in [-0.2, -0.15) is 4.98 Å². The number of piperidine rings is 1. The first-order valence-electron chi connectivity index (χ1n) is 9.44. The normalized spacial score (nSPS) is 20.4. The molecule has 0 unspecified atom stereocenters. The van der Waals surface area contributed by atoms with Crippen molar-refractivity contribution in [3.05, 3.63) is 12.1 Å². The zero-order valence-electron chi connectivity index (χ0n) is 15.5. The highest BCUT2D eigenvalue weighted by Gasteiger charge is 2.21. The second-order valence-electron chi connectivity index (χ2n) is 6.98. The Kier molecular flexibility index (Phi) is 4.97. The Balaban J connectivity index is 1.78. The van der Waals surface area contributed by atoms with Crippen LogP contribution in [0.25, 0.3) is 10.9 Å². The summed E-state index contributed by atoms with van der Waals surface area (Å²) < 4.78 is 11.0. The topological polar surface area (TPSA) is 71.5 Å². The van der Waals surface area contributed by atoms with Gasteiger partial charge in [0.1, 0.15) is 5.82 Å². The van der Waals surface area contributed by atoms with E-state index in [0.717, 1.165) is 55.3 Å². The largest absolute Gasteiger partial charge is 0.493 e. The number of benzene rings is 1. The molecule has 0 amide bonds. The summed E-state index contributed by atoms with van der Waals surface area (Å²) in [4.78, 5) is 12.0. The summed E-state index contributed by atoms with van der Waals surface area (Å²) in [6, 6.07) is 4.29. The van der Waals surface area contributed by atoms with E-state index in [2.05, 4.69) is 15.5 Å². The van der Waals surface area contributed by atoms with E-state index in [1.807, 2.05) is 12.1 Å². The van der Waals surface area contributed by atoms with Crippen molar-refractivity contribution >= 4 is 22.7 Å². The number of hydrogen-bond donors (Lipinski definition) is 2. The van der Waals surface area contributed by atoms with Gasteiger partial charge in [-0.15, -0.1) is 0 Å². The smallest absolute Gasteiger partial charge is 0.227 e. The fraction of sp³-hybridized carbons (Fsp3) is 0.579. The second kappa shape index (κ2) is 7.53. The summed E-state index contributed by atoms with van der Waals surface area (Å²) in [5.74, 6) is 3.07. The molecule has 2 aromatic rings. The molecule has 7 heteroatoms. The third-order valence-corrected chi connectivity index (χ3v) is 5.22. The van der Waals surface area contributed by atoms with Crippen LogP contribution >= 0.6 is 0 Å². The number of aromatic nitrogens is 2. The van der Waals surface area contributed by atoms with Crippen LogP contribution in [0, 0.1) is 0 Å². The SMILES string of the molecule is COc1cc2nc(N3CCCC3)nc(N[C@H]3CCCNC3)c2cc1OC. The Hall–Kier alpha value is -2.28. The predicted molar refractivity (Wildman–Crippen MR) is 104 cm³/mol. The van der Waals surface area contributed by atoms with E-state index in [0.29, 0.717) is 17.5 Å². The number of ether oxygens (including phenoxy) is 2. The van der Waals surface area contributed by atoms with Crippen LogP contribution in [0.5, 0.6) is 11.5 Å². The first-order chi connectivity index (χ1) is 12.8. The highest BCUT2D eigenvalue weighted by atomic mass is 16.5. The molecule has 0 spiro atoms. The average Bonchev–Trinajstić information content (AvgIpc) is 3.22. The van der Waals surface area contributed by atoms with E-state index in [-0.39, 0.29) is 0 Å². The highest BCUT2D eigenvalue weighted by molar-refractivity contribution is 5.93. The summed E-state index contributed by atoms with van der Waals surface area (Å²) in [7, 11) is 3.31. The van der Waals surface area contributed by atoms with Crippen LogP contribution in [-0.4, -0.2) is 56.4 Å². The molecular weight excluding hydrogens is 330 g/mol.